The van der Waals surface area contributed by atoms with Crippen molar-refractivity contribution in [3.05, 3.63) is 53.3 Å². The van der Waals surface area contributed by atoms with Gasteiger partial charge in [-0.3, -0.25) is 4.79 Å². The fourth-order valence-electron chi connectivity index (χ4n) is 2.99. The van der Waals surface area contributed by atoms with Gasteiger partial charge in [-0.1, -0.05) is 6.07 Å². The third-order valence-electron chi connectivity index (χ3n) is 4.47. The summed E-state index contributed by atoms with van der Waals surface area (Å²) in [6.45, 7) is 2.77. The highest BCUT2D eigenvalue weighted by Crippen LogP contribution is 2.23. The molecule has 0 radical (unpaired) electrons. The molecule has 3 N–H and O–H groups in total. The Kier molecular flexibility index (Phi) is 5.45. The molecule has 7 nitrogen and oxygen atoms in total. The molecule has 1 amide bonds. The lowest BCUT2D eigenvalue weighted by Crippen LogP contribution is -2.36. The second kappa shape index (κ2) is 7.61. The lowest BCUT2D eigenvalue weighted by molar-refractivity contribution is 0.0729. The van der Waals surface area contributed by atoms with Crippen molar-refractivity contribution < 1.29 is 18.3 Å². The third-order valence-corrected chi connectivity index (χ3v) is 5.93. The van der Waals surface area contributed by atoms with Crippen molar-refractivity contribution in [3.8, 4) is 0 Å². The van der Waals surface area contributed by atoms with E-state index < -0.39 is 16.1 Å². The summed E-state index contributed by atoms with van der Waals surface area (Å²) in [6.07, 6.45) is 2.18. The zero-order valence-electron chi connectivity index (χ0n) is 14.6. The van der Waals surface area contributed by atoms with E-state index in [0.29, 0.717) is 31.6 Å². The Morgan fingerprint density at radius 2 is 2.15 bits per heavy atom. The minimum atomic E-state index is -3.64. The van der Waals surface area contributed by atoms with Crippen molar-refractivity contribution in [1.82, 2.24) is 14.6 Å². The lowest BCUT2D eigenvalue weighted by Gasteiger charge is -2.29. The number of aromatic amines is 1. The highest BCUT2D eigenvalue weighted by Gasteiger charge is 2.24. The van der Waals surface area contributed by atoms with Gasteiger partial charge in [0.1, 0.15) is 5.69 Å². The summed E-state index contributed by atoms with van der Waals surface area (Å²) in [7, 11) is -3.64. The Hall–Kier alpha value is -2.16. The predicted molar refractivity (Wildman–Crippen MR) is 97.2 cm³/mol. The summed E-state index contributed by atoms with van der Waals surface area (Å²) >= 11 is 0. The summed E-state index contributed by atoms with van der Waals surface area (Å²) in [5.41, 5.74) is 2.43. The molecule has 0 aliphatic carbocycles. The third kappa shape index (κ3) is 4.14. The average molecular weight is 377 g/mol. The van der Waals surface area contributed by atoms with E-state index in [1.54, 1.807) is 42.3 Å². The Balaban J connectivity index is 1.76. The van der Waals surface area contributed by atoms with Crippen LogP contribution in [0, 0.1) is 0 Å². The topological polar surface area (TPSA) is 102 Å². The van der Waals surface area contributed by atoms with Crippen molar-refractivity contribution in [3.63, 3.8) is 0 Å². The number of hydrogen-bond donors (Lipinski definition) is 3. The van der Waals surface area contributed by atoms with E-state index in [-0.39, 0.29) is 17.3 Å². The van der Waals surface area contributed by atoms with E-state index in [0.717, 1.165) is 11.1 Å². The van der Waals surface area contributed by atoms with Crippen LogP contribution in [0.25, 0.3) is 0 Å². The fourth-order valence-corrected chi connectivity index (χ4v) is 4.09. The van der Waals surface area contributed by atoms with E-state index in [4.69, 9.17) is 0 Å². The van der Waals surface area contributed by atoms with Gasteiger partial charge in [-0.05, 0) is 55.2 Å². The summed E-state index contributed by atoms with van der Waals surface area (Å²) < 4.78 is 27.3. The van der Waals surface area contributed by atoms with E-state index in [2.05, 4.69) is 9.71 Å². The first-order chi connectivity index (χ1) is 12.4. The Bertz CT molecular complexity index is 876. The number of fused-ring (bicyclic) bond motifs is 1. The maximum Gasteiger partial charge on any atom is 0.270 e. The number of amides is 1. The molecule has 26 heavy (non-hydrogen) atoms. The number of rotatable bonds is 6. The molecule has 0 bridgehead atoms. The monoisotopic (exact) mass is 377 g/mol. The molecule has 140 valence electrons. The number of aliphatic hydroxyl groups excluding tert-OH is 1. The lowest BCUT2D eigenvalue weighted by atomic mass is 9.99. The minimum absolute atomic E-state index is 0.0935. The number of sulfonamides is 1. The maximum atomic E-state index is 12.5. The van der Waals surface area contributed by atoms with Crippen LogP contribution in [0.5, 0.6) is 0 Å². The molecular formula is C18H23N3O4S. The molecule has 1 aliphatic rings. The van der Waals surface area contributed by atoms with Crippen LogP contribution in [0.15, 0.2) is 41.4 Å². The standard InChI is InChI=1S/C18H23N3O4S/c1-13(22)6-9-20-26(24,25)16-5-4-14-7-10-21(12-15(14)11-16)18(23)17-3-2-8-19-17/h2-5,8,11,13,19-20,22H,6-7,9-10,12H2,1H3/t13-/m1/s1. The molecule has 1 aliphatic heterocycles. The summed E-state index contributed by atoms with van der Waals surface area (Å²) in [6, 6.07) is 8.54. The molecule has 2 aromatic rings. The summed E-state index contributed by atoms with van der Waals surface area (Å²) in [5.74, 6) is -0.0935. The Labute approximate surface area is 153 Å². The Morgan fingerprint density at radius 3 is 2.85 bits per heavy atom. The van der Waals surface area contributed by atoms with Gasteiger partial charge in [-0.2, -0.15) is 0 Å². The van der Waals surface area contributed by atoms with Crippen molar-refractivity contribution in [2.45, 2.75) is 37.3 Å². The van der Waals surface area contributed by atoms with E-state index in [1.807, 2.05) is 6.07 Å². The van der Waals surface area contributed by atoms with E-state index in [9.17, 15) is 18.3 Å². The second-order valence-corrected chi connectivity index (χ2v) is 8.29. The first-order valence-corrected chi connectivity index (χ1v) is 10.1. The predicted octanol–water partition coefficient (Wildman–Crippen LogP) is 1.26. The summed E-state index contributed by atoms with van der Waals surface area (Å²) in [4.78, 5) is 17.3. The van der Waals surface area contributed by atoms with Gasteiger partial charge in [0.2, 0.25) is 10.0 Å². The number of hydrogen-bond acceptors (Lipinski definition) is 4. The molecule has 0 fully saturated rings. The smallest absolute Gasteiger partial charge is 0.270 e. The van der Waals surface area contributed by atoms with Gasteiger partial charge < -0.3 is 15.0 Å². The first kappa shape index (κ1) is 18.6. The number of aliphatic hydroxyl groups is 1. The average Bonchev–Trinajstić information content (AvgIpc) is 3.14. The van der Waals surface area contributed by atoms with Crippen LogP contribution in [0.1, 0.15) is 35.0 Å². The molecule has 0 unspecified atom stereocenters. The molecule has 0 saturated carbocycles. The van der Waals surface area contributed by atoms with Crippen LogP contribution in [-0.4, -0.2) is 48.5 Å². The van der Waals surface area contributed by atoms with Crippen LogP contribution < -0.4 is 4.72 Å². The number of H-pyrrole nitrogens is 1. The van der Waals surface area contributed by atoms with Gasteiger partial charge in [-0.25, -0.2) is 13.1 Å². The first-order valence-electron chi connectivity index (χ1n) is 8.59. The molecule has 8 heteroatoms. The molecular weight excluding hydrogens is 354 g/mol. The van der Waals surface area contributed by atoms with Crippen LogP contribution >= 0.6 is 0 Å². The molecule has 2 heterocycles. The zero-order valence-corrected chi connectivity index (χ0v) is 15.4. The number of carbonyl (C=O) groups is 1. The molecule has 1 atom stereocenters. The molecule has 1 aromatic heterocycles. The molecule has 0 spiro atoms. The quantitative estimate of drug-likeness (QED) is 0.705. The number of carbonyl (C=O) groups excluding carboxylic acids is 1. The number of aromatic nitrogens is 1. The number of nitrogens with one attached hydrogen (secondary N) is 2. The van der Waals surface area contributed by atoms with Gasteiger partial charge in [0.25, 0.3) is 5.91 Å². The van der Waals surface area contributed by atoms with Gasteiger partial charge in [0.05, 0.1) is 11.0 Å². The van der Waals surface area contributed by atoms with Crippen molar-refractivity contribution >= 4 is 15.9 Å². The molecule has 3 rings (SSSR count). The largest absolute Gasteiger partial charge is 0.393 e. The molecule has 1 aromatic carbocycles. The van der Waals surface area contributed by atoms with Crippen molar-refractivity contribution in [2.75, 3.05) is 13.1 Å². The number of benzene rings is 1. The second-order valence-electron chi connectivity index (χ2n) is 6.53. The van der Waals surface area contributed by atoms with Gasteiger partial charge in [0.15, 0.2) is 0 Å². The maximum absolute atomic E-state index is 12.5. The van der Waals surface area contributed by atoms with Crippen molar-refractivity contribution in [1.29, 1.82) is 0 Å². The highest BCUT2D eigenvalue weighted by molar-refractivity contribution is 7.89. The van der Waals surface area contributed by atoms with Gasteiger partial charge in [-0.15, -0.1) is 0 Å². The minimum Gasteiger partial charge on any atom is -0.393 e. The van der Waals surface area contributed by atoms with Gasteiger partial charge >= 0.3 is 0 Å². The Morgan fingerprint density at radius 1 is 1.35 bits per heavy atom. The van der Waals surface area contributed by atoms with Crippen LogP contribution in [-0.2, 0) is 23.0 Å². The molecule has 0 saturated heterocycles. The van der Waals surface area contributed by atoms with Crippen LogP contribution in [0.4, 0.5) is 0 Å². The van der Waals surface area contributed by atoms with Crippen LogP contribution in [0.2, 0.25) is 0 Å². The normalized spacial score (nSPS) is 15.5. The fraction of sp³-hybridized carbons (Fsp3) is 0.389. The van der Waals surface area contributed by atoms with Crippen LogP contribution in [0.3, 0.4) is 0 Å². The zero-order chi connectivity index (χ0) is 18.7. The van der Waals surface area contributed by atoms with Gasteiger partial charge in [0, 0.05) is 25.8 Å². The van der Waals surface area contributed by atoms with E-state index >= 15 is 0 Å². The SMILES string of the molecule is C[C@@H](O)CCNS(=O)(=O)c1ccc2c(c1)CN(C(=O)c1ccc[nH]1)CC2. The van der Waals surface area contributed by atoms with Crippen molar-refractivity contribution in [2.24, 2.45) is 0 Å². The van der Waals surface area contributed by atoms with E-state index in [1.165, 1.54) is 0 Å². The number of nitrogens with zero attached hydrogens (tertiary/aromatic N) is 1. The summed E-state index contributed by atoms with van der Waals surface area (Å²) in [5, 5.41) is 9.26. The highest BCUT2D eigenvalue weighted by atomic mass is 32.2.